The van der Waals surface area contributed by atoms with Crippen LogP contribution in [0, 0.1) is 5.82 Å². The van der Waals surface area contributed by atoms with Gasteiger partial charge in [-0.15, -0.1) is 5.10 Å². The fourth-order valence-electron chi connectivity index (χ4n) is 1.44. The van der Waals surface area contributed by atoms with Crippen molar-refractivity contribution in [3.05, 3.63) is 28.5 Å². The summed E-state index contributed by atoms with van der Waals surface area (Å²) in [5.74, 6) is -0.528. The molecule has 2 rings (SSSR count). The predicted molar refractivity (Wildman–Crippen MR) is 74.6 cm³/mol. The molecule has 0 saturated carbocycles. The van der Waals surface area contributed by atoms with Crippen LogP contribution in [0.4, 0.5) is 10.3 Å². The molecule has 0 bridgehead atoms. The molecular formula is C12H12BrFN4O2. The summed E-state index contributed by atoms with van der Waals surface area (Å²) in [5, 5.41) is 8.85. The Morgan fingerprint density at radius 2 is 2.30 bits per heavy atom. The summed E-state index contributed by atoms with van der Waals surface area (Å²) in [4.78, 5) is 15.6. The largest absolute Gasteiger partial charge is 0.372 e. The van der Waals surface area contributed by atoms with E-state index in [-0.39, 0.29) is 23.2 Å². The van der Waals surface area contributed by atoms with Gasteiger partial charge in [0.05, 0.1) is 5.56 Å². The third-order valence-electron chi connectivity index (χ3n) is 2.63. The molecule has 20 heavy (non-hydrogen) atoms. The molecule has 1 aromatic heterocycles. The number of aromatic amines is 1. The topological polar surface area (TPSA) is 79.9 Å². The first kappa shape index (κ1) is 14.6. The predicted octanol–water partition coefficient (Wildman–Crippen LogP) is 2.35. The van der Waals surface area contributed by atoms with Gasteiger partial charge >= 0.3 is 0 Å². The lowest BCUT2D eigenvalue weighted by atomic mass is 10.2. The van der Waals surface area contributed by atoms with Crippen molar-refractivity contribution < 1.29 is 13.9 Å². The molecule has 1 amide bonds. The minimum Gasteiger partial charge on any atom is -0.372 e. The zero-order valence-corrected chi connectivity index (χ0v) is 12.4. The van der Waals surface area contributed by atoms with Gasteiger partial charge in [0.25, 0.3) is 5.91 Å². The molecule has 8 heteroatoms. The van der Waals surface area contributed by atoms with Crippen LogP contribution in [-0.4, -0.2) is 34.3 Å². The highest BCUT2D eigenvalue weighted by molar-refractivity contribution is 9.10. The number of carbonyl (C=O) groups is 1. The number of hydrogen-bond donors (Lipinski definition) is 2. The Morgan fingerprint density at radius 3 is 2.95 bits per heavy atom. The molecule has 0 radical (unpaired) electrons. The number of anilines is 1. The van der Waals surface area contributed by atoms with Crippen molar-refractivity contribution >= 4 is 27.8 Å². The van der Waals surface area contributed by atoms with E-state index in [4.69, 9.17) is 4.74 Å². The number of halogens is 2. The lowest BCUT2D eigenvalue weighted by molar-refractivity contribution is -0.124. The van der Waals surface area contributed by atoms with Crippen molar-refractivity contribution in [3.8, 4) is 11.4 Å². The summed E-state index contributed by atoms with van der Waals surface area (Å²) >= 11 is 3.17. The van der Waals surface area contributed by atoms with Crippen LogP contribution >= 0.6 is 15.9 Å². The molecule has 0 saturated heterocycles. The summed E-state index contributed by atoms with van der Waals surface area (Å²) < 4.78 is 19.3. The van der Waals surface area contributed by atoms with Crippen LogP contribution in [0.3, 0.4) is 0 Å². The van der Waals surface area contributed by atoms with Crippen molar-refractivity contribution in [1.82, 2.24) is 15.2 Å². The van der Waals surface area contributed by atoms with E-state index in [0.717, 1.165) is 0 Å². The Balaban J connectivity index is 2.18. The maximum atomic E-state index is 13.8. The quantitative estimate of drug-likeness (QED) is 0.893. The highest BCUT2D eigenvalue weighted by Gasteiger charge is 2.15. The molecule has 1 atom stereocenters. The highest BCUT2D eigenvalue weighted by Crippen LogP contribution is 2.23. The van der Waals surface area contributed by atoms with Crippen molar-refractivity contribution in [2.45, 2.75) is 13.0 Å². The SMILES string of the molecule is CO[C@@H](C)C(=O)Nc1n[nH]c(-c2ccc(Br)cc2F)n1. The first-order chi connectivity index (χ1) is 9.51. The smallest absolute Gasteiger partial charge is 0.255 e. The standard InChI is InChI=1S/C12H12BrFN4O2/c1-6(20-2)11(19)16-12-15-10(17-18-12)8-4-3-7(13)5-9(8)14/h3-6H,1-2H3,(H2,15,16,17,18,19)/t6-/m0/s1. The van der Waals surface area contributed by atoms with Gasteiger partial charge in [0.15, 0.2) is 5.82 Å². The minimum atomic E-state index is -0.624. The summed E-state index contributed by atoms with van der Waals surface area (Å²) in [6.07, 6.45) is -0.624. The van der Waals surface area contributed by atoms with Gasteiger partial charge in [-0.3, -0.25) is 15.2 Å². The molecule has 0 spiro atoms. The van der Waals surface area contributed by atoms with Crippen LogP contribution in [0.2, 0.25) is 0 Å². The van der Waals surface area contributed by atoms with Crippen LogP contribution in [0.1, 0.15) is 6.92 Å². The van der Waals surface area contributed by atoms with Crippen molar-refractivity contribution in [1.29, 1.82) is 0 Å². The third kappa shape index (κ3) is 3.20. The molecule has 2 aromatic rings. The third-order valence-corrected chi connectivity index (χ3v) is 3.12. The van der Waals surface area contributed by atoms with Gasteiger partial charge in [-0.2, -0.15) is 4.98 Å². The molecule has 106 valence electrons. The van der Waals surface area contributed by atoms with E-state index in [0.29, 0.717) is 4.47 Å². The second-order valence-electron chi connectivity index (χ2n) is 4.00. The van der Waals surface area contributed by atoms with Gasteiger partial charge in [0, 0.05) is 11.6 Å². The van der Waals surface area contributed by atoms with Crippen molar-refractivity contribution in [2.24, 2.45) is 0 Å². The summed E-state index contributed by atoms with van der Waals surface area (Å²) in [5.41, 5.74) is 0.265. The maximum absolute atomic E-state index is 13.8. The number of benzene rings is 1. The molecule has 0 aliphatic rings. The number of hydrogen-bond acceptors (Lipinski definition) is 4. The Labute approximate surface area is 122 Å². The van der Waals surface area contributed by atoms with Crippen LogP contribution in [0.15, 0.2) is 22.7 Å². The minimum absolute atomic E-state index is 0.0659. The average molecular weight is 343 g/mol. The van der Waals surface area contributed by atoms with Gasteiger partial charge in [-0.1, -0.05) is 15.9 Å². The number of nitrogens with one attached hydrogen (secondary N) is 2. The van der Waals surface area contributed by atoms with E-state index in [1.54, 1.807) is 19.1 Å². The summed E-state index contributed by atoms with van der Waals surface area (Å²) in [7, 11) is 1.42. The monoisotopic (exact) mass is 342 g/mol. The maximum Gasteiger partial charge on any atom is 0.255 e. The second-order valence-corrected chi connectivity index (χ2v) is 4.91. The number of carbonyl (C=O) groups excluding carboxylic acids is 1. The summed E-state index contributed by atoms with van der Waals surface area (Å²) in [6, 6.07) is 4.57. The Hall–Kier alpha value is -1.80. The van der Waals surface area contributed by atoms with Gasteiger partial charge in [0.2, 0.25) is 5.95 Å². The highest BCUT2D eigenvalue weighted by atomic mass is 79.9. The molecule has 6 nitrogen and oxygen atoms in total. The zero-order chi connectivity index (χ0) is 14.7. The van der Waals surface area contributed by atoms with E-state index in [2.05, 4.69) is 36.4 Å². The van der Waals surface area contributed by atoms with Gasteiger partial charge in [-0.05, 0) is 25.1 Å². The molecule has 0 aliphatic carbocycles. The van der Waals surface area contributed by atoms with Gasteiger partial charge in [-0.25, -0.2) is 4.39 Å². The van der Waals surface area contributed by atoms with Crippen LogP contribution in [-0.2, 0) is 9.53 Å². The molecule has 1 aromatic carbocycles. The van der Waals surface area contributed by atoms with Crippen molar-refractivity contribution in [2.75, 3.05) is 12.4 Å². The van der Waals surface area contributed by atoms with Gasteiger partial charge in [0.1, 0.15) is 11.9 Å². The van der Waals surface area contributed by atoms with Crippen molar-refractivity contribution in [3.63, 3.8) is 0 Å². The Morgan fingerprint density at radius 1 is 1.55 bits per heavy atom. The van der Waals surface area contributed by atoms with E-state index < -0.39 is 11.9 Å². The van der Waals surface area contributed by atoms with Crippen LogP contribution in [0.25, 0.3) is 11.4 Å². The van der Waals surface area contributed by atoms with Gasteiger partial charge < -0.3 is 4.74 Å². The zero-order valence-electron chi connectivity index (χ0n) is 10.8. The van der Waals surface area contributed by atoms with E-state index in [1.807, 2.05) is 0 Å². The number of rotatable bonds is 4. The van der Waals surface area contributed by atoms with Crippen LogP contribution in [0.5, 0.6) is 0 Å². The number of ether oxygens (including phenoxy) is 1. The molecule has 1 heterocycles. The average Bonchev–Trinajstić information content (AvgIpc) is 2.85. The first-order valence-electron chi connectivity index (χ1n) is 5.72. The number of aromatic nitrogens is 3. The van der Waals surface area contributed by atoms with Crippen LogP contribution < -0.4 is 5.32 Å². The second kappa shape index (κ2) is 6.10. The number of amides is 1. The Bertz CT molecular complexity index is 632. The van der Waals surface area contributed by atoms with E-state index in [1.165, 1.54) is 13.2 Å². The summed E-state index contributed by atoms with van der Waals surface area (Å²) in [6.45, 7) is 1.59. The van der Waals surface area contributed by atoms with E-state index in [9.17, 15) is 9.18 Å². The molecule has 0 fully saturated rings. The molecule has 2 N–H and O–H groups in total. The number of methoxy groups -OCH3 is 1. The number of nitrogens with zero attached hydrogens (tertiary/aromatic N) is 2. The first-order valence-corrected chi connectivity index (χ1v) is 6.52. The normalized spacial score (nSPS) is 12.2. The molecular weight excluding hydrogens is 331 g/mol. The molecule has 0 unspecified atom stereocenters. The molecule has 0 aliphatic heterocycles. The lowest BCUT2D eigenvalue weighted by Gasteiger charge is -2.06. The Kier molecular flexibility index (Phi) is 4.46. The fraction of sp³-hybridized carbons (Fsp3) is 0.250. The lowest BCUT2D eigenvalue weighted by Crippen LogP contribution is -2.27. The number of H-pyrrole nitrogens is 1. The fourth-order valence-corrected chi connectivity index (χ4v) is 1.77. The van der Waals surface area contributed by atoms with E-state index >= 15 is 0 Å².